The molecule has 2 aliphatic heterocycles. The van der Waals surface area contributed by atoms with Crippen molar-refractivity contribution < 1.29 is 37.3 Å². The van der Waals surface area contributed by atoms with E-state index in [1.165, 1.54) is 0 Å². The fourth-order valence-electron chi connectivity index (χ4n) is 3.12. The molecule has 2 atom stereocenters. The summed E-state index contributed by atoms with van der Waals surface area (Å²) in [6.45, 7) is 3.15. The number of halogens is 3. The molecule has 3 N–H and O–H groups in total. The molecular weight excluding hydrogens is 445 g/mol. The Labute approximate surface area is 187 Å². The van der Waals surface area contributed by atoms with Gasteiger partial charge in [-0.15, -0.1) is 0 Å². The molecule has 2 aromatic rings. The summed E-state index contributed by atoms with van der Waals surface area (Å²) in [5, 5.41) is 13.3. The Balaban J connectivity index is 0.000000383. The highest BCUT2D eigenvalue weighted by molar-refractivity contribution is 5.93. The lowest BCUT2D eigenvalue weighted by atomic mass is 10.2. The normalized spacial score (nSPS) is 20.0. The van der Waals surface area contributed by atoms with E-state index in [-0.39, 0.29) is 18.1 Å². The number of benzene rings is 1. The van der Waals surface area contributed by atoms with Gasteiger partial charge in [-0.1, -0.05) is 0 Å². The van der Waals surface area contributed by atoms with Crippen molar-refractivity contribution in [2.45, 2.75) is 31.2 Å². The third kappa shape index (κ3) is 7.39. The molecule has 1 amide bonds. The smallest absolute Gasteiger partial charge is 0.488 e. The first-order chi connectivity index (χ1) is 15.7. The first-order valence-electron chi connectivity index (χ1n) is 10.2. The number of rotatable bonds is 5. The van der Waals surface area contributed by atoms with Crippen LogP contribution in [0.15, 0.2) is 36.7 Å². The van der Waals surface area contributed by atoms with Crippen molar-refractivity contribution in [3.63, 3.8) is 0 Å². The van der Waals surface area contributed by atoms with Gasteiger partial charge < -0.3 is 25.2 Å². The van der Waals surface area contributed by atoms with Crippen LogP contribution in [0.4, 0.5) is 13.2 Å². The summed E-state index contributed by atoms with van der Waals surface area (Å²) in [6, 6.07) is 7.84. The lowest BCUT2D eigenvalue weighted by Crippen LogP contribution is -2.36. The highest BCUT2D eigenvalue weighted by Crippen LogP contribution is 2.21. The van der Waals surface area contributed by atoms with E-state index in [1.54, 1.807) is 12.4 Å². The summed E-state index contributed by atoms with van der Waals surface area (Å²) in [5.74, 6) is -1.49. The summed E-state index contributed by atoms with van der Waals surface area (Å²) in [4.78, 5) is 29.8. The molecule has 1 aromatic heterocycles. The van der Waals surface area contributed by atoms with Crippen molar-refractivity contribution in [2.24, 2.45) is 0 Å². The maximum atomic E-state index is 12.2. The van der Waals surface area contributed by atoms with Gasteiger partial charge in [0.05, 0.1) is 18.8 Å². The molecule has 0 saturated carbocycles. The number of nitrogens with zero attached hydrogens (tertiary/aromatic N) is 2. The van der Waals surface area contributed by atoms with Gasteiger partial charge in [0.25, 0.3) is 5.91 Å². The number of carbonyl (C=O) groups is 2. The SMILES string of the molecule is O=C(NC1CCNC1)c1cnc(-c2ccc(OC3CCOC3)cc2)nc1.O=C(O)C(F)(F)F. The molecule has 2 fully saturated rings. The second kappa shape index (κ2) is 11.1. The number of hydrogen-bond acceptors (Lipinski definition) is 7. The lowest BCUT2D eigenvalue weighted by Gasteiger charge is -2.12. The fraction of sp³-hybridized carbons (Fsp3) is 0.429. The number of carbonyl (C=O) groups excluding carboxylic acids is 1. The van der Waals surface area contributed by atoms with Crippen LogP contribution in [0.5, 0.6) is 5.75 Å². The zero-order chi connectivity index (χ0) is 23.8. The van der Waals surface area contributed by atoms with Crippen LogP contribution in [0.2, 0.25) is 0 Å². The zero-order valence-electron chi connectivity index (χ0n) is 17.5. The second-order valence-corrected chi connectivity index (χ2v) is 7.39. The van der Waals surface area contributed by atoms with E-state index >= 15 is 0 Å². The van der Waals surface area contributed by atoms with Crippen molar-refractivity contribution in [1.82, 2.24) is 20.6 Å². The topological polar surface area (TPSA) is 123 Å². The van der Waals surface area contributed by atoms with Crippen LogP contribution in [-0.4, -0.2) is 71.6 Å². The molecule has 9 nitrogen and oxygen atoms in total. The lowest BCUT2D eigenvalue weighted by molar-refractivity contribution is -0.192. The number of aromatic nitrogens is 2. The van der Waals surface area contributed by atoms with Gasteiger partial charge >= 0.3 is 12.1 Å². The minimum atomic E-state index is -5.08. The Bertz CT molecular complexity index is 926. The molecule has 0 bridgehead atoms. The van der Waals surface area contributed by atoms with E-state index in [4.69, 9.17) is 19.4 Å². The van der Waals surface area contributed by atoms with Gasteiger partial charge in [-0.3, -0.25) is 4.79 Å². The summed E-state index contributed by atoms with van der Waals surface area (Å²) < 4.78 is 42.9. The highest BCUT2D eigenvalue weighted by atomic mass is 19.4. The third-order valence-corrected chi connectivity index (χ3v) is 4.86. The quantitative estimate of drug-likeness (QED) is 0.609. The molecule has 3 heterocycles. The molecule has 178 valence electrons. The molecule has 12 heteroatoms. The predicted octanol–water partition coefficient (Wildman–Crippen LogP) is 2.04. The van der Waals surface area contributed by atoms with Gasteiger partial charge in [0.15, 0.2) is 5.82 Å². The fourth-order valence-corrected chi connectivity index (χ4v) is 3.12. The zero-order valence-corrected chi connectivity index (χ0v) is 17.5. The minimum absolute atomic E-state index is 0.130. The number of carboxylic acid groups (broad SMARTS) is 1. The van der Waals surface area contributed by atoms with Gasteiger partial charge in [-0.25, -0.2) is 14.8 Å². The molecule has 33 heavy (non-hydrogen) atoms. The number of ether oxygens (including phenoxy) is 2. The monoisotopic (exact) mass is 468 g/mol. The van der Waals surface area contributed by atoms with Gasteiger partial charge in [-0.2, -0.15) is 13.2 Å². The Hall–Kier alpha value is -3.25. The van der Waals surface area contributed by atoms with Crippen LogP contribution in [0.25, 0.3) is 11.4 Å². The van der Waals surface area contributed by atoms with Gasteiger partial charge in [0.1, 0.15) is 11.9 Å². The van der Waals surface area contributed by atoms with Crippen LogP contribution >= 0.6 is 0 Å². The Morgan fingerprint density at radius 2 is 1.82 bits per heavy atom. The van der Waals surface area contributed by atoms with Crippen molar-refractivity contribution in [3.8, 4) is 17.1 Å². The molecule has 1 aromatic carbocycles. The van der Waals surface area contributed by atoms with E-state index in [2.05, 4.69) is 20.6 Å². The third-order valence-electron chi connectivity index (χ3n) is 4.86. The summed E-state index contributed by atoms with van der Waals surface area (Å²) in [5.41, 5.74) is 1.36. The van der Waals surface area contributed by atoms with Crippen LogP contribution < -0.4 is 15.4 Å². The van der Waals surface area contributed by atoms with Crippen LogP contribution in [0.3, 0.4) is 0 Å². The van der Waals surface area contributed by atoms with Gasteiger partial charge in [-0.05, 0) is 37.2 Å². The number of nitrogens with one attached hydrogen (secondary N) is 2. The van der Waals surface area contributed by atoms with Crippen LogP contribution in [0, 0.1) is 0 Å². The second-order valence-electron chi connectivity index (χ2n) is 7.39. The number of carboxylic acids is 1. The number of aliphatic carboxylic acids is 1. The average molecular weight is 468 g/mol. The maximum absolute atomic E-state index is 12.2. The largest absolute Gasteiger partial charge is 0.490 e. The Morgan fingerprint density at radius 3 is 2.33 bits per heavy atom. The van der Waals surface area contributed by atoms with Gasteiger partial charge in [0.2, 0.25) is 0 Å². The first kappa shape index (κ1) is 24.4. The van der Waals surface area contributed by atoms with E-state index < -0.39 is 12.1 Å². The summed E-state index contributed by atoms with van der Waals surface area (Å²) in [7, 11) is 0. The first-order valence-corrected chi connectivity index (χ1v) is 10.2. The Morgan fingerprint density at radius 1 is 1.15 bits per heavy atom. The van der Waals surface area contributed by atoms with Crippen molar-refractivity contribution >= 4 is 11.9 Å². The molecular formula is C21H23F3N4O5. The minimum Gasteiger partial charge on any atom is -0.488 e. The number of hydrogen-bond donors (Lipinski definition) is 3. The average Bonchev–Trinajstić information content (AvgIpc) is 3.49. The molecule has 4 rings (SSSR count). The molecule has 0 radical (unpaired) electrons. The standard InChI is InChI=1S/C19H22N4O3.C2HF3O2/c24-19(23-15-5-7-20-11-15)14-9-21-18(22-10-14)13-1-3-16(4-2-13)26-17-6-8-25-12-17;3-2(4,5)1(6)7/h1-4,9-10,15,17,20H,5-8,11-12H2,(H,23,24);(H,6,7). The molecule has 2 saturated heterocycles. The Kier molecular flexibility index (Phi) is 8.17. The van der Waals surface area contributed by atoms with E-state index in [0.29, 0.717) is 18.0 Å². The van der Waals surface area contributed by atoms with Crippen molar-refractivity contribution in [2.75, 3.05) is 26.3 Å². The maximum Gasteiger partial charge on any atom is 0.490 e. The molecule has 2 aliphatic rings. The van der Waals surface area contributed by atoms with Crippen molar-refractivity contribution in [3.05, 3.63) is 42.2 Å². The summed E-state index contributed by atoms with van der Waals surface area (Å²) in [6.07, 6.45) is 0.0582. The van der Waals surface area contributed by atoms with Crippen LogP contribution in [0.1, 0.15) is 23.2 Å². The molecule has 0 aliphatic carbocycles. The molecule has 0 spiro atoms. The molecule has 2 unspecified atom stereocenters. The highest BCUT2D eigenvalue weighted by Gasteiger charge is 2.38. The number of amides is 1. The number of alkyl halides is 3. The van der Waals surface area contributed by atoms with Crippen LogP contribution in [-0.2, 0) is 9.53 Å². The van der Waals surface area contributed by atoms with E-state index in [1.807, 2.05) is 24.3 Å². The van der Waals surface area contributed by atoms with E-state index in [0.717, 1.165) is 43.9 Å². The van der Waals surface area contributed by atoms with Gasteiger partial charge in [0, 0.05) is 37.0 Å². The summed E-state index contributed by atoms with van der Waals surface area (Å²) >= 11 is 0. The van der Waals surface area contributed by atoms with E-state index in [9.17, 15) is 18.0 Å². The van der Waals surface area contributed by atoms with Crippen molar-refractivity contribution in [1.29, 1.82) is 0 Å². The predicted molar refractivity (Wildman–Crippen MR) is 110 cm³/mol.